The summed E-state index contributed by atoms with van der Waals surface area (Å²) in [5.74, 6) is -6.18. The van der Waals surface area contributed by atoms with Crippen LogP contribution in [0.5, 0.6) is 0 Å². The van der Waals surface area contributed by atoms with E-state index in [1.807, 2.05) is 0 Å². The maximum absolute atomic E-state index is 14.1. The summed E-state index contributed by atoms with van der Waals surface area (Å²) in [6.45, 7) is 7.18. The van der Waals surface area contributed by atoms with E-state index in [1.54, 1.807) is 91.0 Å². The Kier molecular flexibility index (Phi) is 21.8. The Morgan fingerprint density at radius 1 is 0.628 bits per heavy atom. The number of benzene rings is 3. The SMILES string of the molecule is CC(=O)OC[C@H]1O[C@@H](O[C@@H]2[C@@H](N=[N+]=[N-])[C@@H](O[C@H](C)[C@H](NC(=O)[C@H](C)NC(=O)[C@H](C)NC(=O)OCc3ccccc3)C(=O)OCc3ccccc3)O[C@@H]3CO[C@H](c4ccccc4)O[C@H]23)[C@H](OC(C)=O)[C@@H](OC(C)=O)[C@H]1OC(C)=O. The number of nitrogens with one attached hydrogen (secondary N) is 3. The van der Waals surface area contributed by atoms with Crippen molar-refractivity contribution in [2.24, 2.45) is 5.11 Å². The van der Waals surface area contributed by atoms with E-state index in [1.165, 1.54) is 20.8 Å². The van der Waals surface area contributed by atoms with E-state index in [4.69, 9.17) is 56.8 Å². The Morgan fingerprint density at radius 2 is 1.18 bits per heavy atom. The number of ether oxygens (including phenoxy) is 12. The molecular weight excluding hydrogens is 1030 g/mol. The lowest BCUT2D eigenvalue weighted by Crippen LogP contribution is -2.67. The largest absolute Gasteiger partial charge is 0.463 e. The average molecular weight is 1090 g/mol. The van der Waals surface area contributed by atoms with Crippen LogP contribution in [0.1, 0.15) is 71.4 Å². The molecule has 3 amide bonds. The lowest BCUT2D eigenvalue weighted by Gasteiger charge is -2.51. The number of hydrogen-bond acceptors (Lipinski definition) is 21. The lowest BCUT2D eigenvalue weighted by molar-refractivity contribution is -0.379. The monoisotopic (exact) mass is 1090 g/mol. The number of amides is 3. The van der Waals surface area contributed by atoms with Gasteiger partial charge in [-0.25, -0.2) is 9.59 Å². The Bertz CT molecular complexity index is 2590. The van der Waals surface area contributed by atoms with Gasteiger partial charge in [0.2, 0.25) is 11.8 Å². The molecule has 3 N–H and O–H groups in total. The van der Waals surface area contributed by atoms with Crippen LogP contribution in [0.25, 0.3) is 10.4 Å². The van der Waals surface area contributed by atoms with Crippen LogP contribution in [0.15, 0.2) is 96.1 Å². The van der Waals surface area contributed by atoms with Gasteiger partial charge < -0.3 is 72.8 Å². The Hall–Kier alpha value is -7.71. The van der Waals surface area contributed by atoms with Gasteiger partial charge in [0.25, 0.3) is 0 Å². The highest BCUT2D eigenvalue weighted by Crippen LogP contribution is 2.40. The normalized spacial score (nSPS) is 26.0. The quantitative estimate of drug-likeness (QED) is 0.0426. The van der Waals surface area contributed by atoms with E-state index < -0.39 is 146 Å². The van der Waals surface area contributed by atoms with Gasteiger partial charge in [-0.2, -0.15) is 0 Å². The van der Waals surface area contributed by atoms with Gasteiger partial charge in [0.05, 0.1) is 12.7 Å². The molecule has 0 spiro atoms. The highest BCUT2D eigenvalue weighted by Gasteiger charge is 2.58. The third kappa shape index (κ3) is 16.9. The van der Waals surface area contributed by atoms with Crippen molar-refractivity contribution < 1.29 is 95.2 Å². The number of esters is 5. The maximum atomic E-state index is 14.1. The minimum absolute atomic E-state index is 0.0646. The fourth-order valence-corrected chi connectivity index (χ4v) is 8.41. The van der Waals surface area contributed by atoms with Crippen molar-refractivity contribution in [3.05, 3.63) is 118 Å². The van der Waals surface area contributed by atoms with Crippen molar-refractivity contribution in [3.63, 3.8) is 0 Å². The van der Waals surface area contributed by atoms with Crippen LogP contribution in [0, 0.1) is 0 Å². The van der Waals surface area contributed by atoms with Gasteiger partial charge >= 0.3 is 35.9 Å². The highest BCUT2D eigenvalue weighted by atomic mass is 16.8. The average Bonchev–Trinajstić information content (AvgIpc) is 3.60. The molecule has 3 aromatic carbocycles. The molecular formula is C52H62N6O20. The first kappa shape index (κ1) is 59.5. The Morgan fingerprint density at radius 3 is 1.77 bits per heavy atom. The summed E-state index contributed by atoms with van der Waals surface area (Å²) in [7, 11) is 0. The summed E-state index contributed by atoms with van der Waals surface area (Å²) in [6, 6.07) is 20.3. The molecule has 26 nitrogen and oxygen atoms in total. The molecule has 3 aliphatic rings. The van der Waals surface area contributed by atoms with Gasteiger partial charge in [-0.1, -0.05) is 96.1 Å². The van der Waals surface area contributed by atoms with Gasteiger partial charge in [0.15, 0.2) is 43.2 Å². The van der Waals surface area contributed by atoms with E-state index in [0.29, 0.717) is 16.7 Å². The van der Waals surface area contributed by atoms with Crippen LogP contribution in [-0.2, 0) is 104 Å². The van der Waals surface area contributed by atoms with Crippen LogP contribution >= 0.6 is 0 Å². The smallest absolute Gasteiger partial charge is 0.408 e. The zero-order valence-corrected chi connectivity index (χ0v) is 43.7. The van der Waals surface area contributed by atoms with Crippen molar-refractivity contribution in [2.75, 3.05) is 13.2 Å². The van der Waals surface area contributed by atoms with Crippen molar-refractivity contribution in [3.8, 4) is 0 Å². The molecule has 3 aromatic rings. The minimum atomic E-state index is -1.83. The predicted octanol–water partition coefficient (Wildman–Crippen LogP) is 3.43. The fourth-order valence-electron chi connectivity index (χ4n) is 8.41. The first-order chi connectivity index (χ1) is 37.3. The topological polar surface area (TPSA) is 332 Å². The van der Waals surface area contributed by atoms with Crippen LogP contribution in [0.4, 0.5) is 4.79 Å². The molecule has 0 radical (unpaired) electrons. The molecule has 0 saturated carbocycles. The third-order valence-corrected chi connectivity index (χ3v) is 12.1. The second-order valence-electron chi connectivity index (χ2n) is 18.2. The summed E-state index contributed by atoms with van der Waals surface area (Å²) in [5, 5.41) is 11.5. The maximum Gasteiger partial charge on any atom is 0.408 e. The van der Waals surface area contributed by atoms with Gasteiger partial charge in [0.1, 0.15) is 62.4 Å². The molecule has 15 atom stereocenters. The number of fused-ring (bicyclic) bond motifs is 1. The van der Waals surface area contributed by atoms with Crippen LogP contribution in [-0.4, -0.2) is 147 Å². The Labute approximate surface area is 447 Å². The number of alkyl carbamates (subject to hydrolysis) is 1. The van der Waals surface area contributed by atoms with Gasteiger partial charge in [-0.3, -0.25) is 28.8 Å². The molecule has 6 rings (SSSR count). The number of carbonyl (C=O) groups is 8. The lowest BCUT2D eigenvalue weighted by atomic mass is 9.94. The molecule has 420 valence electrons. The van der Waals surface area contributed by atoms with E-state index in [2.05, 4.69) is 26.0 Å². The van der Waals surface area contributed by atoms with Crippen molar-refractivity contribution >= 4 is 47.8 Å². The van der Waals surface area contributed by atoms with E-state index >= 15 is 0 Å². The number of carbonyl (C=O) groups excluding carboxylic acids is 8. The standard InChI is InChI=1S/C52H62N6O20/c1-27(54-46(63)28(2)55-52(66)70-24-35-19-13-9-14-20-35)47(64)56-39(48(65)68-23-34-17-11-8-12-18-34)29(3)71-50-40(57-58-53)43(41-38(75-50)26-69-49(77-41)36-21-15-10-16-22-36)78-51-45(74-33(7)62)44(73-32(6)61)42(72-31(5)60)37(76-51)25-67-30(4)59/h8-22,27-29,37-45,49-51H,23-26H2,1-7H3,(H,54,63)(H,55,66)(H,56,64)/t27-,28-,29+,37+,38+,39-,40+,41-,42-,43+,44-,45+,49-,50-,51-/m0/s1. The van der Waals surface area contributed by atoms with E-state index in [0.717, 1.165) is 27.7 Å². The molecule has 0 bridgehead atoms. The van der Waals surface area contributed by atoms with Gasteiger partial charge in [-0.15, -0.1) is 0 Å². The summed E-state index contributed by atoms with van der Waals surface area (Å²) in [5.41, 5.74) is 12.0. The number of rotatable bonds is 22. The first-order valence-electron chi connectivity index (χ1n) is 24.7. The van der Waals surface area contributed by atoms with Crippen molar-refractivity contribution in [1.82, 2.24) is 16.0 Å². The predicted molar refractivity (Wildman–Crippen MR) is 264 cm³/mol. The molecule has 26 heteroatoms. The van der Waals surface area contributed by atoms with Crippen LogP contribution in [0.2, 0.25) is 0 Å². The molecule has 0 unspecified atom stereocenters. The van der Waals surface area contributed by atoms with Crippen LogP contribution in [0.3, 0.4) is 0 Å². The van der Waals surface area contributed by atoms with E-state index in [9.17, 15) is 43.9 Å². The summed E-state index contributed by atoms with van der Waals surface area (Å²) in [6.07, 6.45) is -17.3. The zero-order valence-electron chi connectivity index (χ0n) is 43.7. The minimum Gasteiger partial charge on any atom is -0.463 e. The first-order valence-corrected chi connectivity index (χ1v) is 24.7. The molecule has 3 heterocycles. The highest BCUT2D eigenvalue weighted by molar-refractivity contribution is 5.92. The molecule has 78 heavy (non-hydrogen) atoms. The summed E-state index contributed by atoms with van der Waals surface area (Å²) >= 11 is 0. The van der Waals surface area contributed by atoms with Crippen molar-refractivity contribution in [1.29, 1.82) is 0 Å². The Balaban J connectivity index is 1.30. The van der Waals surface area contributed by atoms with Crippen molar-refractivity contribution in [2.45, 2.75) is 154 Å². The molecule has 3 fully saturated rings. The number of azide groups is 1. The second-order valence-corrected chi connectivity index (χ2v) is 18.2. The number of hydrogen-bond donors (Lipinski definition) is 3. The van der Waals surface area contributed by atoms with Gasteiger partial charge in [0, 0.05) is 38.2 Å². The van der Waals surface area contributed by atoms with E-state index in [-0.39, 0.29) is 19.8 Å². The summed E-state index contributed by atoms with van der Waals surface area (Å²) < 4.78 is 71.3. The molecule has 0 aromatic heterocycles. The second kappa shape index (κ2) is 28.6. The third-order valence-electron chi connectivity index (χ3n) is 12.1. The molecule has 3 saturated heterocycles. The van der Waals surface area contributed by atoms with Gasteiger partial charge in [-0.05, 0) is 37.4 Å². The summed E-state index contributed by atoms with van der Waals surface area (Å²) in [4.78, 5) is 107. The van der Waals surface area contributed by atoms with Crippen LogP contribution < -0.4 is 16.0 Å². The molecule has 3 aliphatic heterocycles. The molecule has 0 aliphatic carbocycles. The number of nitrogens with zero attached hydrogens (tertiary/aromatic N) is 3. The zero-order chi connectivity index (χ0) is 56.5. The fraction of sp³-hybridized carbons (Fsp3) is 0.500.